The highest BCUT2D eigenvalue weighted by molar-refractivity contribution is 9.11. The van der Waals surface area contributed by atoms with E-state index in [0.717, 1.165) is 8.95 Å². The molecular weight excluding hydrogens is 340 g/mol. The first-order chi connectivity index (χ1) is 7.58. The van der Waals surface area contributed by atoms with E-state index in [2.05, 4.69) is 37.2 Å². The molecule has 2 rings (SSSR count). The lowest BCUT2D eigenvalue weighted by Crippen LogP contribution is -2.51. The van der Waals surface area contributed by atoms with E-state index < -0.39 is 0 Å². The molecule has 1 aromatic rings. The lowest BCUT2D eigenvalue weighted by Gasteiger charge is -2.27. The van der Waals surface area contributed by atoms with Crippen LogP contribution in [0.2, 0.25) is 0 Å². The summed E-state index contributed by atoms with van der Waals surface area (Å²) in [5.41, 5.74) is 0.703. The molecule has 16 heavy (non-hydrogen) atoms. The molecule has 1 N–H and O–H groups in total. The maximum absolute atomic E-state index is 11.7. The Morgan fingerprint density at radius 1 is 1.25 bits per heavy atom. The zero-order chi connectivity index (χ0) is 11.7. The van der Waals surface area contributed by atoms with E-state index in [1.807, 2.05) is 12.1 Å². The normalized spacial score (nSPS) is 16.2. The number of amides is 2. The smallest absolute Gasteiger partial charge is 0.246 e. The van der Waals surface area contributed by atoms with Crippen molar-refractivity contribution in [1.82, 2.24) is 5.32 Å². The van der Waals surface area contributed by atoms with Gasteiger partial charge in [-0.3, -0.25) is 9.59 Å². The van der Waals surface area contributed by atoms with Crippen LogP contribution < -0.4 is 10.2 Å². The molecular formula is C10H8Br2N2O2. The van der Waals surface area contributed by atoms with Crippen molar-refractivity contribution < 1.29 is 9.59 Å². The summed E-state index contributed by atoms with van der Waals surface area (Å²) in [6.07, 6.45) is 0. The molecule has 6 heteroatoms. The first-order valence-corrected chi connectivity index (χ1v) is 6.18. The molecule has 4 nitrogen and oxygen atoms in total. The predicted octanol–water partition coefficient (Wildman–Crippen LogP) is 1.67. The van der Waals surface area contributed by atoms with Crippen molar-refractivity contribution in [3.63, 3.8) is 0 Å². The third-order valence-corrected chi connectivity index (χ3v) is 3.40. The van der Waals surface area contributed by atoms with Gasteiger partial charge in [0.15, 0.2) is 0 Å². The number of carbonyl (C=O) groups excluding carboxylic acids is 2. The average molecular weight is 348 g/mol. The fourth-order valence-corrected chi connectivity index (χ4v) is 2.28. The van der Waals surface area contributed by atoms with Crippen molar-refractivity contribution >= 4 is 49.4 Å². The molecule has 0 radical (unpaired) electrons. The largest absolute Gasteiger partial charge is 0.345 e. The van der Waals surface area contributed by atoms with Crippen LogP contribution in [0, 0.1) is 0 Å². The van der Waals surface area contributed by atoms with Crippen molar-refractivity contribution in [2.45, 2.75) is 0 Å². The number of nitrogens with zero attached hydrogens (tertiary/aromatic N) is 1. The zero-order valence-corrected chi connectivity index (χ0v) is 11.3. The summed E-state index contributed by atoms with van der Waals surface area (Å²) in [7, 11) is 0. The molecule has 0 saturated carbocycles. The number of hydrogen-bond donors (Lipinski definition) is 1. The molecule has 1 saturated heterocycles. The standard InChI is InChI=1S/C10H8Br2N2O2/c11-6-1-2-7(12)8(3-6)14-5-9(15)13-4-10(14)16/h1-3H,4-5H2,(H,13,15). The van der Waals surface area contributed by atoms with E-state index in [-0.39, 0.29) is 24.9 Å². The van der Waals surface area contributed by atoms with Gasteiger partial charge in [0.25, 0.3) is 0 Å². The van der Waals surface area contributed by atoms with Crippen LogP contribution in [0.5, 0.6) is 0 Å². The Hall–Kier alpha value is -0.880. The highest BCUT2D eigenvalue weighted by atomic mass is 79.9. The zero-order valence-electron chi connectivity index (χ0n) is 8.17. The first-order valence-electron chi connectivity index (χ1n) is 4.60. The molecule has 0 bridgehead atoms. The Labute approximate surface area is 109 Å². The van der Waals surface area contributed by atoms with Crippen LogP contribution in [0.25, 0.3) is 0 Å². The highest BCUT2D eigenvalue weighted by Crippen LogP contribution is 2.30. The number of nitrogens with one attached hydrogen (secondary N) is 1. The third-order valence-electron chi connectivity index (χ3n) is 2.24. The van der Waals surface area contributed by atoms with Gasteiger partial charge in [0, 0.05) is 8.95 Å². The number of piperazine rings is 1. The van der Waals surface area contributed by atoms with Crippen LogP contribution >= 0.6 is 31.9 Å². The van der Waals surface area contributed by atoms with Gasteiger partial charge in [-0.15, -0.1) is 0 Å². The van der Waals surface area contributed by atoms with E-state index in [1.54, 1.807) is 6.07 Å². The quantitative estimate of drug-likeness (QED) is 0.840. The predicted molar refractivity (Wildman–Crippen MR) is 67.2 cm³/mol. The molecule has 0 spiro atoms. The highest BCUT2D eigenvalue weighted by Gasteiger charge is 2.25. The molecule has 2 amide bonds. The van der Waals surface area contributed by atoms with Gasteiger partial charge in [-0.2, -0.15) is 0 Å². The van der Waals surface area contributed by atoms with Crippen molar-refractivity contribution in [1.29, 1.82) is 0 Å². The molecule has 1 aliphatic rings. The van der Waals surface area contributed by atoms with Gasteiger partial charge in [0.05, 0.1) is 12.2 Å². The van der Waals surface area contributed by atoms with Crippen molar-refractivity contribution in [3.8, 4) is 0 Å². The molecule has 0 aliphatic carbocycles. The molecule has 1 aromatic carbocycles. The summed E-state index contributed by atoms with van der Waals surface area (Å²) in [6.45, 7) is 0.117. The molecule has 0 unspecified atom stereocenters. The van der Waals surface area contributed by atoms with E-state index in [9.17, 15) is 9.59 Å². The lowest BCUT2D eigenvalue weighted by atomic mass is 10.2. The van der Waals surface area contributed by atoms with Crippen LogP contribution in [-0.2, 0) is 9.59 Å². The van der Waals surface area contributed by atoms with E-state index >= 15 is 0 Å². The Balaban J connectivity index is 2.38. The van der Waals surface area contributed by atoms with Crippen LogP contribution in [0.4, 0.5) is 5.69 Å². The lowest BCUT2D eigenvalue weighted by molar-refractivity contribution is -0.128. The van der Waals surface area contributed by atoms with Gasteiger partial charge in [-0.05, 0) is 34.1 Å². The molecule has 1 fully saturated rings. The van der Waals surface area contributed by atoms with Gasteiger partial charge in [-0.1, -0.05) is 15.9 Å². The van der Waals surface area contributed by atoms with E-state index in [0.29, 0.717) is 5.69 Å². The molecule has 84 valence electrons. The fraction of sp³-hybridized carbons (Fsp3) is 0.200. The summed E-state index contributed by atoms with van der Waals surface area (Å²) in [4.78, 5) is 24.4. The summed E-state index contributed by atoms with van der Waals surface area (Å²) in [5, 5.41) is 2.51. The molecule has 0 atom stereocenters. The SMILES string of the molecule is O=C1CN(c2cc(Br)ccc2Br)C(=O)CN1. The van der Waals surface area contributed by atoms with Gasteiger partial charge in [0.2, 0.25) is 11.8 Å². The van der Waals surface area contributed by atoms with Crippen LogP contribution in [0.3, 0.4) is 0 Å². The average Bonchev–Trinajstić information content (AvgIpc) is 2.25. The van der Waals surface area contributed by atoms with Crippen LogP contribution in [0.15, 0.2) is 27.1 Å². The minimum atomic E-state index is -0.147. The van der Waals surface area contributed by atoms with Gasteiger partial charge < -0.3 is 10.2 Å². The van der Waals surface area contributed by atoms with Crippen molar-refractivity contribution in [2.24, 2.45) is 0 Å². The van der Waals surface area contributed by atoms with Gasteiger partial charge in [-0.25, -0.2) is 0 Å². The number of hydrogen-bond acceptors (Lipinski definition) is 2. The van der Waals surface area contributed by atoms with Crippen molar-refractivity contribution in [2.75, 3.05) is 18.0 Å². The molecule has 0 aromatic heterocycles. The maximum Gasteiger partial charge on any atom is 0.246 e. The summed E-state index contributed by atoms with van der Waals surface area (Å²) in [6, 6.07) is 5.50. The second-order valence-electron chi connectivity index (χ2n) is 3.35. The van der Waals surface area contributed by atoms with Gasteiger partial charge >= 0.3 is 0 Å². The van der Waals surface area contributed by atoms with Crippen LogP contribution in [-0.4, -0.2) is 24.9 Å². The summed E-state index contributed by atoms with van der Waals surface area (Å²) in [5.74, 6) is -0.259. The Morgan fingerprint density at radius 3 is 2.75 bits per heavy atom. The number of carbonyl (C=O) groups is 2. The van der Waals surface area contributed by atoms with Crippen molar-refractivity contribution in [3.05, 3.63) is 27.1 Å². The number of benzene rings is 1. The summed E-state index contributed by atoms with van der Waals surface area (Å²) >= 11 is 6.71. The Bertz CT molecular complexity index is 462. The number of halogens is 2. The van der Waals surface area contributed by atoms with Gasteiger partial charge in [0.1, 0.15) is 6.54 Å². The number of anilines is 1. The number of rotatable bonds is 1. The topological polar surface area (TPSA) is 49.4 Å². The second kappa shape index (κ2) is 4.55. The Morgan fingerprint density at radius 2 is 2.00 bits per heavy atom. The summed E-state index contributed by atoms with van der Waals surface area (Å²) < 4.78 is 1.66. The third kappa shape index (κ3) is 2.27. The van der Waals surface area contributed by atoms with Crippen LogP contribution in [0.1, 0.15) is 0 Å². The van der Waals surface area contributed by atoms with E-state index in [4.69, 9.17) is 0 Å². The Kier molecular flexibility index (Phi) is 3.30. The minimum absolute atomic E-state index is 0.0534. The minimum Gasteiger partial charge on any atom is -0.345 e. The first kappa shape index (κ1) is 11.6. The fourth-order valence-electron chi connectivity index (χ4n) is 1.47. The maximum atomic E-state index is 11.7. The molecule has 1 aliphatic heterocycles. The second-order valence-corrected chi connectivity index (χ2v) is 5.12. The molecule has 1 heterocycles. The monoisotopic (exact) mass is 346 g/mol. The van der Waals surface area contributed by atoms with E-state index in [1.165, 1.54) is 4.90 Å².